The molecule has 1 aromatic carbocycles. The van der Waals surface area contributed by atoms with Gasteiger partial charge in [-0.25, -0.2) is 4.98 Å². The fraction of sp³-hybridized carbons (Fsp3) is 0.444. The highest BCUT2D eigenvalue weighted by molar-refractivity contribution is 7.99. The molecular formula is C18H24N3OS2+. The average Bonchev–Trinajstić information content (AvgIpc) is 2.96. The number of rotatable bonds is 5. The van der Waals surface area contributed by atoms with E-state index in [0.717, 1.165) is 46.5 Å². The molecule has 0 radical (unpaired) electrons. The van der Waals surface area contributed by atoms with Crippen molar-refractivity contribution in [1.82, 2.24) is 4.98 Å². The molecule has 1 atom stereocenters. The van der Waals surface area contributed by atoms with Gasteiger partial charge in [-0.2, -0.15) is 0 Å². The molecule has 0 saturated carbocycles. The summed E-state index contributed by atoms with van der Waals surface area (Å²) in [6.45, 7) is 8.75. The quantitative estimate of drug-likeness (QED) is 0.804. The number of quaternary nitrogens is 1. The molecule has 0 aliphatic carbocycles. The summed E-state index contributed by atoms with van der Waals surface area (Å²) < 4.78 is 0. The van der Waals surface area contributed by atoms with Crippen LogP contribution in [-0.4, -0.2) is 29.2 Å². The number of anilines is 1. The highest BCUT2D eigenvalue weighted by Gasteiger charge is 2.26. The van der Waals surface area contributed by atoms with E-state index in [2.05, 4.69) is 31.1 Å². The van der Waals surface area contributed by atoms with Crippen LogP contribution in [0.5, 0.6) is 0 Å². The van der Waals surface area contributed by atoms with Crippen LogP contribution in [0.4, 0.5) is 5.13 Å². The second kappa shape index (κ2) is 7.68. The number of thiazole rings is 1. The van der Waals surface area contributed by atoms with Gasteiger partial charge in [0, 0.05) is 11.3 Å². The van der Waals surface area contributed by atoms with Crippen molar-refractivity contribution in [2.75, 3.05) is 17.6 Å². The van der Waals surface area contributed by atoms with Gasteiger partial charge in [0.25, 0.3) is 5.91 Å². The maximum absolute atomic E-state index is 12.6. The first kappa shape index (κ1) is 17.5. The monoisotopic (exact) mass is 362 g/mol. The molecule has 1 amide bonds. The Kier molecular flexibility index (Phi) is 5.58. The van der Waals surface area contributed by atoms with Crippen LogP contribution in [-0.2, 0) is 13.0 Å². The summed E-state index contributed by atoms with van der Waals surface area (Å²) in [5.74, 6) is 0.884. The molecule has 0 spiro atoms. The Labute approximate surface area is 151 Å². The predicted octanol–water partition coefficient (Wildman–Crippen LogP) is 2.86. The molecule has 0 saturated heterocycles. The Morgan fingerprint density at radius 2 is 2.21 bits per heavy atom. The average molecular weight is 363 g/mol. The third-order valence-electron chi connectivity index (χ3n) is 4.32. The van der Waals surface area contributed by atoms with Gasteiger partial charge in [0.1, 0.15) is 6.54 Å². The number of aromatic nitrogens is 1. The van der Waals surface area contributed by atoms with Crippen LogP contribution in [0.15, 0.2) is 29.2 Å². The number of benzene rings is 1. The van der Waals surface area contributed by atoms with Crippen LogP contribution in [0.1, 0.15) is 41.7 Å². The maximum atomic E-state index is 12.6. The van der Waals surface area contributed by atoms with Gasteiger partial charge in [0.2, 0.25) is 0 Å². The Balaban J connectivity index is 1.75. The molecular weight excluding hydrogens is 338 g/mol. The van der Waals surface area contributed by atoms with Crippen LogP contribution in [0.3, 0.4) is 0 Å². The van der Waals surface area contributed by atoms with Crippen molar-refractivity contribution in [2.24, 2.45) is 0 Å². The molecule has 3 rings (SSSR count). The Bertz CT molecular complexity index is 727. The van der Waals surface area contributed by atoms with Crippen LogP contribution in [0.2, 0.25) is 0 Å². The number of fused-ring (bicyclic) bond motifs is 1. The van der Waals surface area contributed by atoms with Crippen molar-refractivity contribution in [3.8, 4) is 0 Å². The summed E-state index contributed by atoms with van der Waals surface area (Å²) >= 11 is 3.32. The van der Waals surface area contributed by atoms with E-state index < -0.39 is 0 Å². The lowest BCUT2D eigenvalue weighted by molar-refractivity contribution is -0.936. The number of hydrogen-bond acceptors (Lipinski definition) is 4. The zero-order valence-electron chi connectivity index (χ0n) is 14.4. The minimum absolute atomic E-state index is 0.0642. The number of nitrogens with one attached hydrogen (secondary N) is 2. The SMILES string of the molecule is CCSc1ccccc1C(=O)Nc1nc2c(s1)C[NH+](C(C)C)CC2. The van der Waals surface area contributed by atoms with Gasteiger partial charge >= 0.3 is 0 Å². The summed E-state index contributed by atoms with van der Waals surface area (Å²) in [7, 11) is 0. The normalized spacial score (nSPS) is 16.9. The van der Waals surface area contributed by atoms with E-state index in [-0.39, 0.29) is 5.91 Å². The number of nitrogens with zero attached hydrogens (tertiary/aromatic N) is 1. The van der Waals surface area contributed by atoms with Crippen LogP contribution in [0.25, 0.3) is 0 Å². The fourth-order valence-corrected chi connectivity index (χ4v) is 4.79. The molecule has 1 aromatic heterocycles. The molecule has 2 heterocycles. The van der Waals surface area contributed by atoms with Crippen molar-refractivity contribution >= 4 is 34.1 Å². The van der Waals surface area contributed by atoms with E-state index in [1.165, 1.54) is 4.88 Å². The smallest absolute Gasteiger partial charge is 0.258 e. The summed E-state index contributed by atoms with van der Waals surface area (Å²) in [6.07, 6.45) is 0.998. The van der Waals surface area contributed by atoms with Crippen molar-refractivity contribution in [1.29, 1.82) is 0 Å². The van der Waals surface area contributed by atoms with E-state index in [1.54, 1.807) is 28.0 Å². The highest BCUT2D eigenvalue weighted by atomic mass is 32.2. The lowest BCUT2D eigenvalue weighted by Crippen LogP contribution is -3.14. The van der Waals surface area contributed by atoms with Gasteiger partial charge in [-0.15, -0.1) is 11.8 Å². The molecule has 0 fully saturated rings. The molecule has 1 aliphatic rings. The number of amides is 1. The van der Waals surface area contributed by atoms with Crippen molar-refractivity contribution in [2.45, 2.75) is 44.7 Å². The van der Waals surface area contributed by atoms with Gasteiger partial charge in [0.15, 0.2) is 5.13 Å². The third kappa shape index (κ3) is 3.82. The number of carbonyl (C=O) groups excluding carboxylic acids is 1. The molecule has 1 unspecified atom stereocenters. The molecule has 2 N–H and O–H groups in total. The first-order valence-electron chi connectivity index (χ1n) is 8.44. The van der Waals surface area contributed by atoms with E-state index in [9.17, 15) is 4.79 Å². The molecule has 6 heteroatoms. The summed E-state index contributed by atoms with van der Waals surface area (Å²) in [6, 6.07) is 8.38. The summed E-state index contributed by atoms with van der Waals surface area (Å²) in [5, 5.41) is 3.73. The zero-order valence-corrected chi connectivity index (χ0v) is 16.0. The molecule has 1 aliphatic heterocycles. The highest BCUT2D eigenvalue weighted by Crippen LogP contribution is 2.27. The minimum atomic E-state index is -0.0642. The van der Waals surface area contributed by atoms with Crippen LogP contribution < -0.4 is 10.2 Å². The first-order valence-corrected chi connectivity index (χ1v) is 10.2. The van der Waals surface area contributed by atoms with E-state index in [0.29, 0.717) is 6.04 Å². The third-order valence-corrected chi connectivity index (χ3v) is 6.29. The largest absolute Gasteiger partial charge is 0.328 e. The van der Waals surface area contributed by atoms with Gasteiger partial charge in [-0.1, -0.05) is 30.4 Å². The van der Waals surface area contributed by atoms with Crippen LogP contribution >= 0.6 is 23.1 Å². The zero-order chi connectivity index (χ0) is 17.1. The predicted molar refractivity (Wildman–Crippen MR) is 101 cm³/mol. The van der Waals surface area contributed by atoms with Gasteiger partial charge in [-0.3, -0.25) is 10.1 Å². The summed E-state index contributed by atoms with van der Waals surface area (Å²) in [5.41, 5.74) is 1.89. The second-order valence-electron chi connectivity index (χ2n) is 6.26. The van der Waals surface area contributed by atoms with E-state index in [1.807, 2.05) is 24.3 Å². The molecule has 2 aromatic rings. The Morgan fingerprint density at radius 3 is 2.96 bits per heavy atom. The lowest BCUT2D eigenvalue weighted by atomic mass is 10.1. The van der Waals surface area contributed by atoms with Crippen LogP contribution in [0, 0.1) is 0 Å². The molecule has 0 bridgehead atoms. The van der Waals surface area contributed by atoms with Gasteiger partial charge < -0.3 is 4.90 Å². The standard InChI is InChI=1S/C18H23N3OS2/c1-4-23-15-8-6-5-7-13(15)17(22)20-18-19-14-9-10-21(12(2)3)11-16(14)24-18/h5-8,12H,4,9-11H2,1-3H3,(H,19,20,22)/p+1. The van der Waals surface area contributed by atoms with E-state index >= 15 is 0 Å². The molecule has 24 heavy (non-hydrogen) atoms. The maximum Gasteiger partial charge on any atom is 0.258 e. The molecule has 128 valence electrons. The van der Waals surface area contributed by atoms with Gasteiger partial charge in [-0.05, 0) is 31.7 Å². The number of thioether (sulfide) groups is 1. The Hall–Kier alpha value is -1.37. The van der Waals surface area contributed by atoms with E-state index in [4.69, 9.17) is 0 Å². The topological polar surface area (TPSA) is 46.4 Å². The lowest BCUT2D eigenvalue weighted by Gasteiger charge is -2.26. The Morgan fingerprint density at radius 1 is 1.42 bits per heavy atom. The first-order chi connectivity index (χ1) is 11.6. The molecule has 4 nitrogen and oxygen atoms in total. The minimum Gasteiger partial charge on any atom is -0.328 e. The van der Waals surface area contributed by atoms with Gasteiger partial charge in [0.05, 0.1) is 28.7 Å². The fourth-order valence-electron chi connectivity index (χ4n) is 2.94. The second-order valence-corrected chi connectivity index (χ2v) is 8.65. The van der Waals surface area contributed by atoms with Crippen molar-refractivity contribution in [3.63, 3.8) is 0 Å². The number of hydrogen-bond donors (Lipinski definition) is 2. The number of carbonyl (C=O) groups is 1. The van der Waals surface area contributed by atoms with Crippen molar-refractivity contribution < 1.29 is 9.69 Å². The summed E-state index contributed by atoms with van der Waals surface area (Å²) in [4.78, 5) is 21.2. The van der Waals surface area contributed by atoms with Crippen molar-refractivity contribution in [3.05, 3.63) is 40.4 Å².